The molecule has 0 fully saturated rings. The van der Waals surface area contributed by atoms with Crippen LogP contribution in [0, 0.1) is 0 Å². The highest BCUT2D eigenvalue weighted by Crippen LogP contribution is 2.47. The molecule has 8 nitrogen and oxygen atoms in total. The van der Waals surface area contributed by atoms with Crippen LogP contribution in [-0.2, 0) is 28.4 Å². The van der Waals surface area contributed by atoms with Crippen molar-refractivity contribution in [1.29, 1.82) is 0 Å². The molecule has 1 aliphatic heterocycles. The number of anilines is 1. The van der Waals surface area contributed by atoms with E-state index in [1.54, 1.807) is 27.7 Å². The highest BCUT2D eigenvalue weighted by Gasteiger charge is 2.42. The van der Waals surface area contributed by atoms with E-state index in [1.807, 2.05) is 0 Å². The fourth-order valence-electron chi connectivity index (χ4n) is 4.80. The summed E-state index contributed by atoms with van der Waals surface area (Å²) in [6.45, 7) is 5.80. The molecule has 42 heavy (non-hydrogen) atoms. The van der Waals surface area contributed by atoms with Gasteiger partial charge in [-0.15, -0.1) is 0 Å². The molecule has 3 rings (SSSR count). The first-order valence-corrected chi connectivity index (χ1v) is 13.0. The van der Waals surface area contributed by atoms with Gasteiger partial charge in [-0.2, -0.15) is 26.3 Å². The van der Waals surface area contributed by atoms with Crippen LogP contribution in [-0.4, -0.2) is 50.1 Å². The maximum absolute atomic E-state index is 13.6. The number of ether oxygens (including phenoxy) is 4. The lowest BCUT2D eigenvalue weighted by atomic mass is 9.90. The van der Waals surface area contributed by atoms with Gasteiger partial charge in [0.25, 0.3) is 0 Å². The van der Waals surface area contributed by atoms with Crippen molar-refractivity contribution in [2.75, 3.05) is 25.7 Å². The molecule has 1 aliphatic rings. The fraction of sp³-hybridized carbons (Fsp3) is 0.500. The molecule has 2 amide bonds. The number of methoxy groups -OCH3 is 2. The van der Waals surface area contributed by atoms with Crippen LogP contribution >= 0.6 is 0 Å². The largest absolute Gasteiger partial charge is 0.493 e. The Bertz CT molecular complexity index is 1260. The minimum Gasteiger partial charge on any atom is -0.493 e. The Morgan fingerprint density at radius 1 is 0.952 bits per heavy atom. The molecule has 0 N–H and O–H groups in total. The number of hydrogen-bond donors (Lipinski definition) is 0. The summed E-state index contributed by atoms with van der Waals surface area (Å²) in [5, 5.41) is 0. The van der Waals surface area contributed by atoms with Crippen LogP contribution in [0.15, 0.2) is 30.3 Å². The molecule has 0 saturated carbocycles. The Morgan fingerprint density at radius 2 is 1.50 bits per heavy atom. The summed E-state index contributed by atoms with van der Waals surface area (Å²) in [5.41, 5.74) is -2.86. The molecule has 1 heterocycles. The lowest BCUT2D eigenvalue weighted by Crippen LogP contribution is -2.48. The van der Waals surface area contributed by atoms with Crippen molar-refractivity contribution in [1.82, 2.24) is 4.90 Å². The lowest BCUT2D eigenvalue weighted by Gasteiger charge is -2.43. The second-order valence-electron chi connectivity index (χ2n) is 9.91. The van der Waals surface area contributed by atoms with Crippen molar-refractivity contribution < 1.29 is 54.9 Å². The zero-order chi connectivity index (χ0) is 31.6. The first-order chi connectivity index (χ1) is 19.5. The minimum atomic E-state index is -5.07. The number of nitrogens with zero attached hydrogens (tertiary/aromatic N) is 2. The molecular formula is C28H32F6N2O6. The predicted octanol–water partition coefficient (Wildman–Crippen LogP) is 7.58. The molecule has 2 aromatic rings. The summed E-state index contributed by atoms with van der Waals surface area (Å²) >= 11 is 0. The quantitative estimate of drug-likeness (QED) is 0.303. The molecule has 0 saturated heterocycles. The van der Waals surface area contributed by atoms with E-state index in [-0.39, 0.29) is 36.3 Å². The number of halogens is 6. The van der Waals surface area contributed by atoms with Gasteiger partial charge in [0.1, 0.15) is 0 Å². The van der Waals surface area contributed by atoms with Gasteiger partial charge in [-0.25, -0.2) is 9.59 Å². The molecule has 0 aliphatic carbocycles. The summed E-state index contributed by atoms with van der Waals surface area (Å²) in [4.78, 5) is 28.8. The molecule has 0 spiro atoms. The van der Waals surface area contributed by atoms with Gasteiger partial charge in [-0.05, 0) is 63.9 Å². The number of hydrogen-bond acceptors (Lipinski definition) is 6. The van der Waals surface area contributed by atoms with Crippen LogP contribution < -0.4 is 14.4 Å². The van der Waals surface area contributed by atoms with Crippen molar-refractivity contribution in [2.45, 2.75) is 71.2 Å². The highest BCUT2D eigenvalue weighted by atomic mass is 19.4. The molecule has 0 unspecified atom stereocenters. The predicted molar refractivity (Wildman–Crippen MR) is 139 cm³/mol. The van der Waals surface area contributed by atoms with E-state index in [9.17, 15) is 35.9 Å². The van der Waals surface area contributed by atoms with Crippen LogP contribution in [0.25, 0.3) is 0 Å². The summed E-state index contributed by atoms with van der Waals surface area (Å²) < 4.78 is 103. The normalized spacial score (nSPS) is 17.0. The number of carbonyl (C=O) groups excluding carboxylic acids is 2. The van der Waals surface area contributed by atoms with Crippen LogP contribution in [0.3, 0.4) is 0 Å². The molecule has 232 valence electrons. The van der Waals surface area contributed by atoms with E-state index in [4.69, 9.17) is 18.9 Å². The smallest absolute Gasteiger partial charge is 0.416 e. The second-order valence-corrected chi connectivity index (χ2v) is 9.91. The lowest BCUT2D eigenvalue weighted by molar-refractivity contribution is -0.143. The minimum absolute atomic E-state index is 0.0205. The molecular weight excluding hydrogens is 574 g/mol. The Labute approximate surface area is 239 Å². The highest BCUT2D eigenvalue weighted by molar-refractivity contribution is 5.91. The van der Waals surface area contributed by atoms with Crippen molar-refractivity contribution >= 4 is 17.9 Å². The molecule has 0 radical (unpaired) electrons. The number of rotatable bonds is 7. The summed E-state index contributed by atoms with van der Waals surface area (Å²) in [6, 6.07) is 2.56. The Morgan fingerprint density at radius 3 is 1.98 bits per heavy atom. The fourth-order valence-corrected chi connectivity index (χ4v) is 4.80. The van der Waals surface area contributed by atoms with Gasteiger partial charge in [-0.3, -0.25) is 9.80 Å². The Balaban J connectivity index is 2.24. The topological polar surface area (TPSA) is 77.5 Å². The zero-order valence-electron chi connectivity index (χ0n) is 23.9. The third kappa shape index (κ3) is 7.13. The molecule has 14 heteroatoms. The van der Waals surface area contributed by atoms with Gasteiger partial charge in [-0.1, -0.05) is 0 Å². The third-order valence-electron chi connectivity index (χ3n) is 6.57. The van der Waals surface area contributed by atoms with E-state index >= 15 is 0 Å². The Kier molecular flexibility index (Phi) is 9.78. The van der Waals surface area contributed by atoms with E-state index in [0.29, 0.717) is 17.7 Å². The van der Waals surface area contributed by atoms with E-state index in [2.05, 4.69) is 0 Å². The van der Waals surface area contributed by atoms with Crippen molar-refractivity contribution in [3.8, 4) is 11.5 Å². The van der Waals surface area contributed by atoms with Crippen LogP contribution in [0.4, 0.5) is 41.6 Å². The number of fused-ring (bicyclic) bond motifs is 1. The first-order valence-electron chi connectivity index (χ1n) is 13.0. The monoisotopic (exact) mass is 606 g/mol. The van der Waals surface area contributed by atoms with Gasteiger partial charge >= 0.3 is 24.5 Å². The van der Waals surface area contributed by atoms with Gasteiger partial charge in [0.05, 0.1) is 49.8 Å². The molecule has 2 aromatic carbocycles. The summed E-state index contributed by atoms with van der Waals surface area (Å²) in [6.07, 6.45) is -12.4. The third-order valence-corrected chi connectivity index (χ3v) is 6.57. The van der Waals surface area contributed by atoms with Crippen LogP contribution in [0.5, 0.6) is 11.5 Å². The van der Waals surface area contributed by atoms with E-state index in [1.165, 1.54) is 31.3 Å². The molecule has 2 atom stereocenters. The Hall–Kier alpha value is -3.84. The van der Waals surface area contributed by atoms with Crippen molar-refractivity contribution in [2.24, 2.45) is 0 Å². The molecule has 0 bridgehead atoms. The van der Waals surface area contributed by atoms with Gasteiger partial charge in [0, 0.05) is 24.2 Å². The second kappa shape index (κ2) is 12.6. The standard InChI is InChI=1S/C28H32F6N2O6/c1-7-41-26(38)36-16(4)8-21(20-12-23(39-5)24(40-6)13-22(20)36)35(25(37)42-15(2)3)14-17-9-18(27(29,30)31)11-19(10-17)28(32,33)34/h9-13,15-16,21H,7-8,14H2,1-6H3/t16-,21+/m0/s1. The average Bonchev–Trinajstić information content (AvgIpc) is 2.89. The maximum atomic E-state index is 13.6. The number of benzene rings is 2. The zero-order valence-corrected chi connectivity index (χ0v) is 23.9. The number of alkyl halides is 6. The van der Waals surface area contributed by atoms with E-state index in [0.717, 1.165) is 4.90 Å². The SMILES string of the molecule is CCOC(=O)N1c2cc(OC)c(OC)cc2[C@H](N(Cc2cc(C(F)(F)F)cc(C(F)(F)F)c2)C(=O)OC(C)C)C[C@@H]1C. The van der Waals surface area contributed by atoms with Gasteiger partial charge in [0.2, 0.25) is 0 Å². The van der Waals surface area contributed by atoms with Gasteiger partial charge in [0.15, 0.2) is 11.5 Å². The first kappa shape index (κ1) is 32.7. The van der Waals surface area contributed by atoms with Crippen LogP contribution in [0.1, 0.15) is 62.4 Å². The summed E-state index contributed by atoms with van der Waals surface area (Å²) in [5.74, 6) is 0.456. The summed E-state index contributed by atoms with van der Waals surface area (Å²) in [7, 11) is 2.74. The number of amides is 2. The van der Waals surface area contributed by atoms with Crippen molar-refractivity contribution in [3.63, 3.8) is 0 Å². The van der Waals surface area contributed by atoms with Crippen molar-refractivity contribution in [3.05, 3.63) is 52.6 Å². The van der Waals surface area contributed by atoms with Gasteiger partial charge < -0.3 is 18.9 Å². The maximum Gasteiger partial charge on any atom is 0.416 e. The van der Waals surface area contributed by atoms with Crippen LogP contribution in [0.2, 0.25) is 0 Å². The molecule has 0 aromatic heterocycles. The average molecular weight is 607 g/mol. The van der Waals surface area contributed by atoms with E-state index < -0.39 is 66.0 Å². The number of carbonyl (C=O) groups is 2.